The van der Waals surface area contributed by atoms with Crippen LogP contribution >= 0.6 is 0 Å². The van der Waals surface area contributed by atoms with E-state index in [0.29, 0.717) is 0 Å². The molecule has 2 heteroatoms. The highest BCUT2D eigenvalue weighted by atomic mass is 15.2. The van der Waals surface area contributed by atoms with Gasteiger partial charge in [-0.15, -0.1) is 0 Å². The summed E-state index contributed by atoms with van der Waals surface area (Å²) in [7, 11) is 2.11. The zero-order valence-corrected chi connectivity index (χ0v) is 12.7. The van der Waals surface area contributed by atoms with Crippen LogP contribution in [0.1, 0.15) is 37.7 Å². The Morgan fingerprint density at radius 2 is 1.80 bits per heavy atom. The van der Waals surface area contributed by atoms with E-state index < -0.39 is 0 Å². The highest BCUT2D eigenvalue weighted by molar-refractivity contribution is 5.15. The number of piperidine rings is 1. The maximum Gasteiger partial charge on any atom is 0.0111 e. The van der Waals surface area contributed by atoms with Gasteiger partial charge in [0, 0.05) is 12.1 Å². The van der Waals surface area contributed by atoms with Gasteiger partial charge in [0.05, 0.1) is 0 Å². The van der Waals surface area contributed by atoms with Gasteiger partial charge in [-0.1, -0.05) is 30.3 Å². The molecule has 0 spiro atoms. The SMILES string of the molecule is CNC1CCC(N2CCC(Cc3ccccc3)CC2)C1. The molecule has 1 aromatic rings. The molecule has 1 aliphatic heterocycles. The lowest BCUT2D eigenvalue weighted by molar-refractivity contribution is 0.133. The molecule has 1 saturated carbocycles. The largest absolute Gasteiger partial charge is 0.317 e. The number of rotatable bonds is 4. The number of likely N-dealkylation sites (tertiary alicyclic amines) is 1. The predicted molar refractivity (Wildman–Crippen MR) is 84.9 cm³/mol. The summed E-state index contributed by atoms with van der Waals surface area (Å²) in [4.78, 5) is 2.76. The molecular weight excluding hydrogens is 244 g/mol. The second kappa shape index (κ2) is 6.73. The highest BCUT2D eigenvalue weighted by Crippen LogP contribution is 2.29. The van der Waals surface area contributed by atoms with E-state index in [0.717, 1.165) is 18.0 Å². The molecule has 2 nitrogen and oxygen atoms in total. The molecule has 2 unspecified atom stereocenters. The summed E-state index contributed by atoms with van der Waals surface area (Å²) in [5, 5.41) is 3.45. The number of hydrogen-bond acceptors (Lipinski definition) is 2. The van der Waals surface area contributed by atoms with Crippen molar-refractivity contribution in [2.75, 3.05) is 20.1 Å². The zero-order chi connectivity index (χ0) is 13.8. The Morgan fingerprint density at radius 3 is 2.45 bits per heavy atom. The van der Waals surface area contributed by atoms with Crippen molar-refractivity contribution in [1.82, 2.24) is 10.2 Å². The third-order valence-corrected chi connectivity index (χ3v) is 5.35. The van der Waals surface area contributed by atoms with Gasteiger partial charge in [0.2, 0.25) is 0 Å². The van der Waals surface area contributed by atoms with Crippen LogP contribution in [-0.4, -0.2) is 37.1 Å². The fourth-order valence-corrected chi connectivity index (χ4v) is 4.02. The van der Waals surface area contributed by atoms with Crippen LogP contribution < -0.4 is 5.32 Å². The van der Waals surface area contributed by atoms with Crippen molar-refractivity contribution in [3.05, 3.63) is 35.9 Å². The van der Waals surface area contributed by atoms with Crippen LogP contribution in [0.3, 0.4) is 0 Å². The minimum atomic E-state index is 0.766. The highest BCUT2D eigenvalue weighted by Gasteiger charge is 2.30. The Hall–Kier alpha value is -0.860. The van der Waals surface area contributed by atoms with E-state index in [2.05, 4.69) is 47.6 Å². The van der Waals surface area contributed by atoms with E-state index in [1.54, 1.807) is 0 Å². The minimum Gasteiger partial charge on any atom is -0.317 e. The van der Waals surface area contributed by atoms with Crippen LogP contribution in [0.15, 0.2) is 30.3 Å². The summed E-state index contributed by atoms with van der Waals surface area (Å²) in [6, 6.07) is 12.6. The lowest BCUT2D eigenvalue weighted by Crippen LogP contribution is -2.41. The predicted octanol–water partition coefficient (Wildman–Crippen LogP) is 3.08. The fourth-order valence-electron chi connectivity index (χ4n) is 4.02. The third kappa shape index (κ3) is 3.42. The number of nitrogens with zero attached hydrogens (tertiary/aromatic N) is 1. The first-order valence-corrected chi connectivity index (χ1v) is 8.30. The van der Waals surface area contributed by atoms with Gasteiger partial charge in [0.15, 0.2) is 0 Å². The summed E-state index contributed by atoms with van der Waals surface area (Å²) in [6.45, 7) is 2.64. The molecular formula is C18H28N2. The normalized spacial score (nSPS) is 28.9. The summed E-state index contributed by atoms with van der Waals surface area (Å²) in [6.07, 6.45) is 8.17. The molecule has 2 fully saturated rings. The fraction of sp³-hybridized carbons (Fsp3) is 0.667. The van der Waals surface area contributed by atoms with Crippen molar-refractivity contribution in [2.24, 2.45) is 5.92 Å². The first kappa shape index (κ1) is 14.1. The van der Waals surface area contributed by atoms with E-state index in [1.807, 2.05) is 0 Å². The minimum absolute atomic E-state index is 0.766. The topological polar surface area (TPSA) is 15.3 Å². The van der Waals surface area contributed by atoms with Crippen molar-refractivity contribution in [2.45, 2.75) is 50.6 Å². The van der Waals surface area contributed by atoms with Crippen LogP contribution in [0.5, 0.6) is 0 Å². The Balaban J connectivity index is 1.45. The zero-order valence-electron chi connectivity index (χ0n) is 12.7. The number of hydrogen-bond donors (Lipinski definition) is 1. The maximum absolute atomic E-state index is 3.45. The lowest BCUT2D eigenvalue weighted by Gasteiger charge is -2.36. The monoisotopic (exact) mass is 272 g/mol. The van der Waals surface area contributed by atoms with Crippen LogP contribution in [0.4, 0.5) is 0 Å². The molecule has 0 bridgehead atoms. The van der Waals surface area contributed by atoms with Crippen molar-refractivity contribution in [3.63, 3.8) is 0 Å². The van der Waals surface area contributed by atoms with Crippen LogP contribution in [0.25, 0.3) is 0 Å². The molecule has 110 valence electrons. The van der Waals surface area contributed by atoms with Gasteiger partial charge < -0.3 is 10.2 Å². The summed E-state index contributed by atoms with van der Waals surface area (Å²) < 4.78 is 0. The van der Waals surface area contributed by atoms with Gasteiger partial charge in [-0.2, -0.15) is 0 Å². The smallest absolute Gasteiger partial charge is 0.0111 e. The van der Waals surface area contributed by atoms with Crippen LogP contribution in [-0.2, 0) is 6.42 Å². The molecule has 0 radical (unpaired) electrons. The van der Waals surface area contributed by atoms with E-state index in [-0.39, 0.29) is 0 Å². The van der Waals surface area contributed by atoms with Gasteiger partial charge in [-0.3, -0.25) is 0 Å². The van der Waals surface area contributed by atoms with Gasteiger partial charge in [0.1, 0.15) is 0 Å². The molecule has 20 heavy (non-hydrogen) atoms. The third-order valence-electron chi connectivity index (χ3n) is 5.35. The lowest BCUT2D eigenvalue weighted by atomic mass is 9.89. The van der Waals surface area contributed by atoms with E-state index in [9.17, 15) is 0 Å². The van der Waals surface area contributed by atoms with Crippen molar-refractivity contribution in [3.8, 4) is 0 Å². The van der Waals surface area contributed by atoms with E-state index in [4.69, 9.17) is 0 Å². The maximum atomic E-state index is 3.45. The first-order valence-electron chi connectivity index (χ1n) is 8.30. The Kier molecular flexibility index (Phi) is 4.74. The van der Waals surface area contributed by atoms with Crippen molar-refractivity contribution >= 4 is 0 Å². The van der Waals surface area contributed by atoms with Crippen molar-refractivity contribution < 1.29 is 0 Å². The molecule has 1 aromatic carbocycles. The van der Waals surface area contributed by atoms with E-state index >= 15 is 0 Å². The summed E-state index contributed by atoms with van der Waals surface area (Å²) in [5.74, 6) is 0.898. The molecule has 1 N–H and O–H groups in total. The molecule has 1 saturated heterocycles. The molecule has 1 heterocycles. The Labute approximate surface area is 123 Å². The van der Waals surface area contributed by atoms with Crippen LogP contribution in [0, 0.1) is 5.92 Å². The summed E-state index contributed by atoms with van der Waals surface area (Å²) in [5.41, 5.74) is 1.52. The van der Waals surface area contributed by atoms with Crippen molar-refractivity contribution in [1.29, 1.82) is 0 Å². The molecule has 0 amide bonds. The Morgan fingerprint density at radius 1 is 1.05 bits per heavy atom. The van der Waals surface area contributed by atoms with Gasteiger partial charge >= 0.3 is 0 Å². The second-order valence-corrected chi connectivity index (χ2v) is 6.62. The number of nitrogens with one attached hydrogen (secondary N) is 1. The first-order chi connectivity index (χ1) is 9.85. The quantitative estimate of drug-likeness (QED) is 0.906. The standard InChI is InChI=1S/C18H28N2/c1-19-17-7-8-18(14-17)20-11-9-16(10-12-20)13-15-5-3-2-4-6-15/h2-6,16-19H,7-14H2,1H3. The molecule has 3 rings (SSSR count). The van der Waals surface area contributed by atoms with Gasteiger partial charge in [-0.25, -0.2) is 0 Å². The average molecular weight is 272 g/mol. The molecule has 2 aliphatic rings. The Bertz CT molecular complexity index is 395. The number of benzene rings is 1. The molecule has 2 atom stereocenters. The van der Waals surface area contributed by atoms with Gasteiger partial charge in [0.25, 0.3) is 0 Å². The van der Waals surface area contributed by atoms with Crippen LogP contribution in [0.2, 0.25) is 0 Å². The average Bonchev–Trinajstić information content (AvgIpc) is 2.98. The molecule has 0 aromatic heterocycles. The van der Waals surface area contributed by atoms with Gasteiger partial charge in [-0.05, 0) is 70.1 Å². The van der Waals surface area contributed by atoms with E-state index in [1.165, 1.54) is 57.2 Å². The second-order valence-electron chi connectivity index (χ2n) is 6.62. The molecule has 1 aliphatic carbocycles. The summed E-state index contributed by atoms with van der Waals surface area (Å²) >= 11 is 0.